The fourth-order valence-electron chi connectivity index (χ4n) is 1.91. The second-order valence-electron chi connectivity index (χ2n) is 4.36. The quantitative estimate of drug-likeness (QED) is 0.870. The molecule has 0 aliphatic rings. The normalized spacial score (nSPS) is 11.8. The van der Waals surface area contributed by atoms with Gasteiger partial charge in [-0.25, -0.2) is 0 Å². The predicted octanol–water partition coefficient (Wildman–Crippen LogP) is 3.21. The highest BCUT2D eigenvalue weighted by Gasteiger charge is 2.27. The van der Waals surface area contributed by atoms with Gasteiger partial charge >= 0.3 is 6.18 Å². The van der Waals surface area contributed by atoms with E-state index in [-0.39, 0.29) is 6.54 Å². The fraction of sp³-hybridized carbons (Fsp3) is 0.308. The number of anilines is 2. The summed E-state index contributed by atoms with van der Waals surface area (Å²) < 4.78 is 36.7. The predicted molar refractivity (Wildman–Crippen MR) is 70.1 cm³/mol. The van der Waals surface area contributed by atoms with Crippen molar-refractivity contribution in [1.29, 1.82) is 0 Å². The van der Waals surface area contributed by atoms with E-state index in [1.54, 1.807) is 37.5 Å². The van der Waals surface area contributed by atoms with Crippen LogP contribution in [0.2, 0.25) is 0 Å². The molecular formula is C13H14F3N3. The number of fused-ring (bicyclic) bond motifs is 1. The summed E-state index contributed by atoms with van der Waals surface area (Å²) in [6, 6.07) is 7.00. The zero-order chi connectivity index (χ0) is 14.0. The van der Waals surface area contributed by atoms with Gasteiger partial charge in [-0.05, 0) is 24.3 Å². The zero-order valence-electron chi connectivity index (χ0n) is 10.4. The number of nitrogens with zero attached hydrogens (tertiary/aromatic N) is 2. The summed E-state index contributed by atoms with van der Waals surface area (Å²) in [5.74, 6) is 0. The highest BCUT2D eigenvalue weighted by Crippen LogP contribution is 2.30. The maximum absolute atomic E-state index is 12.2. The molecule has 2 rings (SSSR count). The zero-order valence-corrected chi connectivity index (χ0v) is 10.4. The van der Waals surface area contributed by atoms with E-state index < -0.39 is 12.6 Å². The van der Waals surface area contributed by atoms with Crippen LogP contribution in [0.15, 0.2) is 30.5 Å². The van der Waals surface area contributed by atoms with Gasteiger partial charge in [0.15, 0.2) is 0 Å². The summed E-state index contributed by atoms with van der Waals surface area (Å²) >= 11 is 0. The summed E-state index contributed by atoms with van der Waals surface area (Å²) in [6.07, 6.45) is -3.38. The maximum atomic E-state index is 12.2. The van der Waals surface area contributed by atoms with Gasteiger partial charge in [-0.1, -0.05) is 0 Å². The number of nitrogen functional groups attached to an aromatic ring is 1. The minimum atomic E-state index is -4.17. The Balaban J connectivity index is 2.27. The minimum absolute atomic E-state index is 0.126. The fourth-order valence-corrected chi connectivity index (χ4v) is 1.91. The number of hydrogen-bond acceptors (Lipinski definition) is 3. The van der Waals surface area contributed by atoms with Gasteiger partial charge in [-0.15, -0.1) is 0 Å². The summed E-state index contributed by atoms with van der Waals surface area (Å²) in [6.45, 7) is -0.126. The largest absolute Gasteiger partial charge is 0.396 e. The highest BCUT2D eigenvalue weighted by atomic mass is 19.4. The van der Waals surface area contributed by atoms with Crippen LogP contribution in [-0.4, -0.2) is 24.8 Å². The molecular weight excluding hydrogens is 255 g/mol. The van der Waals surface area contributed by atoms with E-state index >= 15 is 0 Å². The van der Waals surface area contributed by atoms with E-state index in [0.29, 0.717) is 11.4 Å². The first-order valence-electron chi connectivity index (χ1n) is 5.79. The van der Waals surface area contributed by atoms with Gasteiger partial charge in [-0.2, -0.15) is 13.2 Å². The van der Waals surface area contributed by atoms with Crippen LogP contribution in [0.3, 0.4) is 0 Å². The molecule has 19 heavy (non-hydrogen) atoms. The molecule has 0 atom stereocenters. The lowest BCUT2D eigenvalue weighted by atomic mass is 10.1. The molecule has 102 valence electrons. The molecule has 0 unspecified atom stereocenters. The van der Waals surface area contributed by atoms with Crippen LogP contribution >= 0.6 is 0 Å². The van der Waals surface area contributed by atoms with Crippen molar-refractivity contribution in [3.8, 4) is 0 Å². The molecule has 2 aromatic rings. The number of hydrogen-bond donors (Lipinski definition) is 1. The number of pyridine rings is 1. The average Bonchev–Trinajstić information content (AvgIpc) is 2.36. The molecule has 0 amide bonds. The summed E-state index contributed by atoms with van der Waals surface area (Å²) in [7, 11) is 1.60. The molecule has 1 heterocycles. The van der Waals surface area contributed by atoms with Crippen molar-refractivity contribution in [2.45, 2.75) is 12.6 Å². The Morgan fingerprint density at radius 1 is 1.26 bits per heavy atom. The Hall–Kier alpha value is -1.98. The SMILES string of the molecule is CN(CCC(F)(F)F)c1ccc2ncccc2c1N. The van der Waals surface area contributed by atoms with Crippen molar-refractivity contribution in [1.82, 2.24) is 4.98 Å². The lowest BCUT2D eigenvalue weighted by Gasteiger charge is -2.22. The van der Waals surface area contributed by atoms with Crippen molar-refractivity contribution in [3.63, 3.8) is 0 Å². The first-order chi connectivity index (χ1) is 8.88. The van der Waals surface area contributed by atoms with Gasteiger partial charge in [0.1, 0.15) is 0 Å². The van der Waals surface area contributed by atoms with Crippen LogP contribution in [0.1, 0.15) is 6.42 Å². The van der Waals surface area contributed by atoms with E-state index in [0.717, 1.165) is 10.9 Å². The molecule has 1 aromatic carbocycles. The van der Waals surface area contributed by atoms with Crippen molar-refractivity contribution >= 4 is 22.3 Å². The van der Waals surface area contributed by atoms with Crippen LogP contribution < -0.4 is 10.6 Å². The van der Waals surface area contributed by atoms with E-state index in [4.69, 9.17) is 5.73 Å². The van der Waals surface area contributed by atoms with Gasteiger partial charge in [0.05, 0.1) is 23.3 Å². The van der Waals surface area contributed by atoms with Crippen molar-refractivity contribution in [3.05, 3.63) is 30.5 Å². The molecule has 0 saturated heterocycles. The molecule has 1 aromatic heterocycles. The van der Waals surface area contributed by atoms with Gasteiger partial charge in [-0.3, -0.25) is 4.98 Å². The van der Waals surface area contributed by atoms with Crippen LogP contribution in [0.4, 0.5) is 24.5 Å². The first-order valence-corrected chi connectivity index (χ1v) is 5.79. The third-order valence-electron chi connectivity index (χ3n) is 2.95. The summed E-state index contributed by atoms with van der Waals surface area (Å²) in [5, 5.41) is 0.749. The van der Waals surface area contributed by atoms with Crippen LogP contribution in [0.5, 0.6) is 0 Å². The number of aromatic nitrogens is 1. The Morgan fingerprint density at radius 3 is 2.68 bits per heavy atom. The molecule has 2 N–H and O–H groups in total. The van der Waals surface area contributed by atoms with Crippen LogP contribution in [0, 0.1) is 0 Å². The van der Waals surface area contributed by atoms with E-state index in [1.165, 1.54) is 4.90 Å². The maximum Gasteiger partial charge on any atom is 0.390 e. The second-order valence-corrected chi connectivity index (χ2v) is 4.36. The number of halogens is 3. The summed E-state index contributed by atoms with van der Waals surface area (Å²) in [4.78, 5) is 5.66. The topological polar surface area (TPSA) is 42.2 Å². The lowest BCUT2D eigenvalue weighted by molar-refractivity contribution is -0.132. The first kappa shape index (κ1) is 13.5. The van der Waals surface area contributed by atoms with Crippen LogP contribution in [-0.2, 0) is 0 Å². The third kappa shape index (κ3) is 3.07. The Bertz CT molecular complexity index is 581. The van der Waals surface area contributed by atoms with Crippen LogP contribution in [0.25, 0.3) is 10.9 Å². The Morgan fingerprint density at radius 2 is 2.00 bits per heavy atom. The molecule has 0 radical (unpaired) electrons. The van der Waals surface area contributed by atoms with E-state index in [2.05, 4.69) is 4.98 Å². The van der Waals surface area contributed by atoms with E-state index in [9.17, 15) is 13.2 Å². The Labute approximate surface area is 108 Å². The third-order valence-corrected chi connectivity index (χ3v) is 2.95. The highest BCUT2D eigenvalue weighted by molar-refractivity contribution is 5.97. The molecule has 0 aliphatic carbocycles. The standard InChI is InChI=1S/C13H14F3N3/c1-19(8-6-13(14,15)16)11-5-4-10-9(12(11)17)3-2-7-18-10/h2-5,7H,6,8,17H2,1H3. The molecule has 0 bridgehead atoms. The van der Waals surface area contributed by atoms with Gasteiger partial charge in [0.25, 0.3) is 0 Å². The number of nitrogens with two attached hydrogens (primary N) is 1. The average molecular weight is 269 g/mol. The smallest absolute Gasteiger partial charge is 0.390 e. The van der Waals surface area contributed by atoms with Crippen molar-refractivity contribution in [2.24, 2.45) is 0 Å². The van der Waals surface area contributed by atoms with Gasteiger partial charge < -0.3 is 10.6 Å². The number of rotatable bonds is 3. The summed E-state index contributed by atoms with van der Waals surface area (Å²) in [5.41, 5.74) is 7.77. The second kappa shape index (κ2) is 4.95. The monoisotopic (exact) mass is 269 g/mol. The van der Waals surface area contributed by atoms with E-state index in [1.807, 2.05) is 0 Å². The molecule has 3 nitrogen and oxygen atoms in total. The lowest BCUT2D eigenvalue weighted by Crippen LogP contribution is -2.24. The van der Waals surface area contributed by atoms with Gasteiger partial charge in [0.2, 0.25) is 0 Å². The number of benzene rings is 1. The molecule has 0 spiro atoms. The van der Waals surface area contributed by atoms with Crippen molar-refractivity contribution < 1.29 is 13.2 Å². The molecule has 0 saturated carbocycles. The minimum Gasteiger partial charge on any atom is -0.396 e. The van der Waals surface area contributed by atoms with Gasteiger partial charge in [0, 0.05) is 25.2 Å². The Kier molecular flexibility index (Phi) is 3.50. The molecule has 0 fully saturated rings. The van der Waals surface area contributed by atoms with Crippen molar-refractivity contribution in [2.75, 3.05) is 24.2 Å². The number of alkyl halides is 3. The molecule has 6 heteroatoms. The molecule has 0 aliphatic heterocycles.